The first-order valence-electron chi connectivity index (χ1n) is 5.17. The highest BCUT2D eigenvalue weighted by atomic mass is 35.5. The maximum atomic E-state index is 6.07. The highest BCUT2D eigenvalue weighted by Gasteiger charge is 2.02. The van der Waals surface area contributed by atoms with E-state index in [9.17, 15) is 0 Å². The Labute approximate surface area is 109 Å². The molecule has 0 unspecified atom stereocenters. The molecule has 0 fully saturated rings. The van der Waals surface area contributed by atoms with Gasteiger partial charge in [-0.25, -0.2) is 4.98 Å². The van der Waals surface area contributed by atoms with Crippen LogP contribution in [0.25, 0.3) is 0 Å². The van der Waals surface area contributed by atoms with Crippen LogP contribution in [0.15, 0.2) is 41.7 Å². The molecule has 3 nitrogen and oxygen atoms in total. The highest BCUT2D eigenvalue weighted by Crippen LogP contribution is 2.24. The van der Waals surface area contributed by atoms with E-state index in [-0.39, 0.29) is 0 Å². The van der Waals surface area contributed by atoms with Gasteiger partial charge in [0.05, 0.1) is 18.1 Å². The molecular formula is C12H12ClN3S. The average Bonchev–Trinajstić information content (AvgIpc) is 2.38. The number of nitrogens with two attached hydrogens (primary N) is 1. The lowest BCUT2D eigenvalue weighted by atomic mass is 10.2. The molecule has 0 amide bonds. The standard InChI is InChI=1S/C12H12ClN3S/c13-11-4-2-1-3-9(11)8-17-12-7-15-10(5-14)6-16-12/h1-4,6-7H,5,8,14H2. The minimum absolute atomic E-state index is 0.419. The molecule has 0 aliphatic carbocycles. The second-order valence-corrected chi connectivity index (χ2v) is 4.83. The predicted molar refractivity (Wildman–Crippen MR) is 70.9 cm³/mol. The van der Waals surface area contributed by atoms with Crippen LogP contribution in [-0.2, 0) is 12.3 Å². The molecule has 88 valence electrons. The second-order valence-electron chi connectivity index (χ2n) is 3.43. The molecule has 1 heterocycles. The van der Waals surface area contributed by atoms with Crippen LogP contribution < -0.4 is 5.73 Å². The Hall–Kier alpha value is -1.10. The maximum Gasteiger partial charge on any atom is 0.115 e. The first-order valence-corrected chi connectivity index (χ1v) is 6.53. The van der Waals surface area contributed by atoms with Crippen LogP contribution in [0.4, 0.5) is 0 Å². The highest BCUT2D eigenvalue weighted by molar-refractivity contribution is 7.98. The van der Waals surface area contributed by atoms with Crippen molar-refractivity contribution in [3.8, 4) is 0 Å². The van der Waals surface area contributed by atoms with E-state index < -0.39 is 0 Å². The molecule has 1 aromatic heterocycles. The van der Waals surface area contributed by atoms with Gasteiger partial charge in [0.2, 0.25) is 0 Å². The smallest absolute Gasteiger partial charge is 0.115 e. The zero-order chi connectivity index (χ0) is 12.1. The fraction of sp³-hybridized carbons (Fsp3) is 0.167. The molecular weight excluding hydrogens is 254 g/mol. The molecule has 1 aromatic carbocycles. The van der Waals surface area contributed by atoms with Crippen LogP contribution in [-0.4, -0.2) is 9.97 Å². The predicted octanol–water partition coefficient (Wildman–Crippen LogP) is 2.88. The van der Waals surface area contributed by atoms with Gasteiger partial charge in [0.1, 0.15) is 5.03 Å². The van der Waals surface area contributed by atoms with E-state index in [1.165, 1.54) is 0 Å². The Morgan fingerprint density at radius 2 is 2.00 bits per heavy atom. The summed E-state index contributed by atoms with van der Waals surface area (Å²) >= 11 is 7.68. The Bertz CT molecular complexity index is 487. The SMILES string of the molecule is NCc1cnc(SCc2ccccc2Cl)cn1. The molecule has 5 heteroatoms. The van der Waals surface area contributed by atoms with Crippen LogP contribution in [0.3, 0.4) is 0 Å². The zero-order valence-corrected chi connectivity index (χ0v) is 10.7. The molecule has 0 saturated carbocycles. The van der Waals surface area contributed by atoms with E-state index in [1.54, 1.807) is 24.2 Å². The monoisotopic (exact) mass is 265 g/mol. The Morgan fingerprint density at radius 3 is 2.65 bits per heavy atom. The summed E-state index contributed by atoms with van der Waals surface area (Å²) in [5.74, 6) is 0.788. The number of halogens is 1. The second kappa shape index (κ2) is 6.00. The number of hydrogen-bond donors (Lipinski definition) is 1. The Morgan fingerprint density at radius 1 is 1.18 bits per heavy atom. The molecule has 0 aliphatic heterocycles. The van der Waals surface area contributed by atoms with E-state index in [0.717, 1.165) is 27.1 Å². The molecule has 0 radical (unpaired) electrons. The van der Waals surface area contributed by atoms with Crippen molar-refractivity contribution >= 4 is 23.4 Å². The van der Waals surface area contributed by atoms with Gasteiger partial charge in [-0.05, 0) is 11.6 Å². The number of benzene rings is 1. The number of nitrogens with zero attached hydrogens (tertiary/aromatic N) is 2. The van der Waals surface area contributed by atoms with E-state index >= 15 is 0 Å². The summed E-state index contributed by atoms with van der Waals surface area (Å²) in [6, 6.07) is 7.80. The van der Waals surface area contributed by atoms with Gasteiger partial charge in [-0.2, -0.15) is 0 Å². The summed E-state index contributed by atoms with van der Waals surface area (Å²) in [7, 11) is 0. The summed E-state index contributed by atoms with van der Waals surface area (Å²) in [6.45, 7) is 0.419. The largest absolute Gasteiger partial charge is 0.325 e. The maximum absolute atomic E-state index is 6.07. The van der Waals surface area contributed by atoms with Crippen molar-refractivity contribution in [2.24, 2.45) is 5.73 Å². The van der Waals surface area contributed by atoms with Crippen molar-refractivity contribution in [2.45, 2.75) is 17.3 Å². The van der Waals surface area contributed by atoms with Crippen LogP contribution in [0.5, 0.6) is 0 Å². The molecule has 0 saturated heterocycles. The molecule has 0 bridgehead atoms. The number of thioether (sulfide) groups is 1. The van der Waals surface area contributed by atoms with Crippen molar-refractivity contribution in [3.05, 3.63) is 52.9 Å². The Kier molecular flexibility index (Phi) is 4.36. The van der Waals surface area contributed by atoms with Gasteiger partial charge >= 0.3 is 0 Å². The molecule has 2 aromatic rings. The fourth-order valence-corrected chi connectivity index (χ4v) is 2.38. The quantitative estimate of drug-likeness (QED) is 0.864. The zero-order valence-electron chi connectivity index (χ0n) is 9.14. The number of hydrogen-bond acceptors (Lipinski definition) is 4. The lowest BCUT2D eigenvalue weighted by molar-refractivity contribution is 0.923. The van der Waals surface area contributed by atoms with Crippen molar-refractivity contribution in [1.29, 1.82) is 0 Å². The van der Waals surface area contributed by atoms with Crippen molar-refractivity contribution < 1.29 is 0 Å². The number of rotatable bonds is 4. The third-order valence-corrected chi connectivity index (χ3v) is 3.55. The van der Waals surface area contributed by atoms with Crippen LogP contribution >= 0.6 is 23.4 Å². The molecule has 0 atom stereocenters. The molecule has 2 rings (SSSR count). The summed E-state index contributed by atoms with van der Waals surface area (Å²) in [6.07, 6.45) is 3.44. The summed E-state index contributed by atoms with van der Waals surface area (Å²) in [5, 5.41) is 1.66. The third-order valence-electron chi connectivity index (χ3n) is 2.22. The summed E-state index contributed by atoms with van der Waals surface area (Å²) in [4.78, 5) is 8.46. The minimum Gasteiger partial charge on any atom is -0.325 e. The summed E-state index contributed by atoms with van der Waals surface area (Å²) in [5.41, 5.74) is 7.36. The molecule has 0 aliphatic rings. The topological polar surface area (TPSA) is 51.8 Å². The van der Waals surface area contributed by atoms with Crippen LogP contribution in [0.1, 0.15) is 11.3 Å². The van der Waals surface area contributed by atoms with E-state index in [1.807, 2.05) is 24.3 Å². The van der Waals surface area contributed by atoms with E-state index in [4.69, 9.17) is 17.3 Å². The molecule has 0 spiro atoms. The van der Waals surface area contributed by atoms with Crippen LogP contribution in [0, 0.1) is 0 Å². The third kappa shape index (κ3) is 3.43. The lowest BCUT2D eigenvalue weighted by Crippen LogP contribution is -2.00. The first-order chi connectivity index (χ1) is 8.29. The van der Waals surface area contributed by atoms with Gasteiger partial charge < -0.3 is 5.73 Å². The average molecular weight is 266 g/mol. The van der Waals surface area contributed by atoms with Crippen molar-refractivity contribution in [1.82, 2.24) is 9.97 Å². The van der Waals surface area contributed by atoms with Crippen LogP contribution in [0.2, 0.25) is 5.02 Å². The number of aromatic nitrogens is 2. The van der Waals surface area contributed by atoms with Gasteiger partial charge in [0.25, 0.3) is 0 Å². The Balaban J connectivity index is 2.00. The first kappa shape index (κ1) is 12.4. The van der Waals surface area contributed by atoms with Crippen molar-refractivity contribution in [2.75, 3.05) is 0 Å². The van der Waals surface area contributed by atoms with E-state index in [0.29, 0.717) is 6.54 Å². The van der Waals surface area contributed by atoms with Gasteiger partial charge in [-0.3, -0.25) is 4.98 Å². The van der Waals surface area contributed by atoms with Gasteiger partial charge in [-0.15, -0.1) is 11.8 Å². The molecule has 17 heavy (non-hydrogen) atoms. The van der Waals surface area contributed by atoms with Crippen molar-refractivity contribution in [3.63, 3.8) is 0 Å². The minimum atomic E-state index is 0.419. The summed E-state index contributed by atoms with van der Waals surface area (Å²) < 4.78 is 0. The van der Waals surface area contributed by atoms with Gasteiger partial charge in [-0.1, -0.05) is 29.8 Å². The van der Waals surface area contributed by atoms with Gasteiger partial charge in [0, 0.05) is 17.3 Å². The van der Waals surface area contributed by atoms with E-state index in [2.05, 4.69) is 9.97 Å². The molecule has 2 N–H and O–H groups in total. The fourth-order valence-electron chi connectivity index (χ4n) is 1.29. The normalized spacial score (nSPS) is 10.5. The lowest BCUT2D eigenvalue weighted by Gasteiger charge is -2.03. The van der Waals surface area contributed by atoms with Gasteiger partial charge in [0.15, 0.2) is 0 Å².